The van der Waals surface area contributed by atoms with Crippen molar-refractivity contribution in [3.8, 4) is 0 Å². The fourth-order valence-electron chi connectivity index (χ4n) is 6.09. The highest BCUT2D eigenvalue weighted by Gasteiger charge is 2.33. The topological polar surface area (TPSA) is 27.3 Å². The third kappa shape index (κ3) is 3.92. The highest BCUT2D eigenvalue weighted by atomic mass is 32.1. The molecular formula is C35H27N3S. The van der Waals surface area contributed by atoms with Gasteiger partial charge in [-0.15, -0.1) is 11.3 Å². The number of fused-ring (bicyclic) bond motifs is 7. The molecule has 0 amide bonds. The van der Waals surface area contributed by atoms with Gasteiger partial charge in [-0.3, -0.25) is 5.32 Å². The summed E-state index contributed by atoms with van der Waals surface area (Å²) in [5, 5.41) is 14.1. The summed E-state index contributed by atoms with van der Waals surface area (Å²) in [6.07, 6.45) is 0.0808. The van der Waals surface area contributed by atoms with Crippen LogP contribution in [0.25, 0.3) is 41.7 Å². The first-order valence-electron chi connectivity index (χ1n) is 13.5. The van der Waals surface area contributed by atoms with Crippen molar-refractivity contribution >= 4 is 53.1 Å². The summed E-state index contributed by atoms with van der Waals surface area (Å²) in [5.74, 6) is 0. The Balaban J connectivity index is 1.22. The Hall–Kier alpha value is -4.06. The second-order valence-electron chi connectivity index (χ2n) is 10.3. The van der Waals surface area contributed by atoms with Gasteiger partial charge >= 0.3 is 0 Å². The molecule has 1 fully saturated rings. The minimum atomic E-state index is 0.0109. The molecule has 2 N–H and O–H groups in total. The van der Waals surface area contributed by atoms with Crippen molar-refractivity contribution in [1.82, 2.24) is 15.8 Å². The van der Waals surface area contributed by atoms with Gasteiger partial charge in [0.15, 0.2) is 0 Å². The molecule has 1 aliphatic rings. The van der Waals surface area contributed by atoms with E-state index in [-0.39, 0.29) is 12.3 Å². The van der Waals surface area contributed by atoms with Gasteiger partial charge in [0, 0.05) is 26.7 Å². The molecule has 0 spiro atoms. The summed E-state index contributed by atoms with van der Waals surface area (Å²) >= 11 is 1.88. The van der Waals surface area contributed by atoms with Crippen LogP contribution in [-0.2, 0) is 6.54 Å². The lowest BCUT2D eigenvalue weighted by Gasteiger charge is -2.23. The Kier molecular flexibility index (Phi) is 5.45. The molecule has 0 saturated carbocycles. The fourth-order valence-corrected chi connectivity index (χ4v) is 7.21. The molecule has 1 aliphatic heterocycles. The van der Waals surface area contributed by atoms with Gasteiger partial charge in [0.25, 0.3) is 0 Å². The van der Waals surface area contributed by atoms with Gasteiger partial charge in [0.1, 0.15) is 6.17 Å². The molecule has 1 saturated heterocycles. The molecule has 0 bridgehead atoms. The zero-order valence-corrected chi connectivity index (χ0v) is 22.2. The molecule has 6 aromatic carbocycles. The van der Waals surface area contributed by atoms with Gasteiger partial charge in [-0.1, -0.05) is 109 Å². The Labute approximate surface area is 231 Å². The second kappa shape index (κ2) is 9.30. The first-order chi connectivity index (χ1) is 19.3. The molecule has 0 radical (unpaired) electrons. The Bertz CT molecular complexity index is 1960. The van der Waals surface area contributed by atoms with Crippen molar-refractivity contribution in [1.29, 1.82) is 0 Å². The zero-order valence-electron chi connectivity index (χ0n) is 21.3. The van der Waals surface area contributed by atoms with Gasteiger partial charge in [-0.25, -0.2) is 10.4 Å². The largest absolute Gasteiger partial charge is 0.277 e. The Morgan fingerprint density at radius 3 is 2.21 bits per heavy atom. The monoisotopic (exact) mass is 521 g/mol. The minimum Gasteiger partial charge on any atom is -0.277 e. The van der Waals surface area contributed by atoms with Crippen LogP contribution in [0, 0.1) is 0 Å². The predicted octanol–water partition coefficient (Wildman–Crippen LogP) is 8.67. The smallest absolute Gasteiger partial charge is 0.101 e. The van der Waals surface area contributed by atoms with Crippen LogP contribution in [-0.4, -0.2) is 5.01 Å². The molecule has 2 heterocycles. The Morgan fingerprint density at radius 1 is 0.590 bits per heavy atom. The maximum absolute atomic E-state index is 3.86. The predicted molar refractivity (Wildman–Crippen MR) is 165 cm³/mol. The Morgan fingerprint density at radius 2 is 1.33 bits per heavy atom. The average Bonchev–Trinajstić information content (AvgIpc) is 3.59. The fraction of sp³-hybridized carbons (Fsp3) is 0.0857. The molecule has 4 heteroatoms. The number of hydrazine groups is 1. The van der Waals surface area contributed by atoms with Gasteiger partial charge in [-0.05, 0) is 56.4 Å². The number of rotatable bonds is 4. The molecule has 39 heavy (non-hydrogen) atoms. The first-order valence-corrected chi connectivity index (χ1v) is 14.3. The number of benzene rings is 6. The van der Waals surface area contributed by atoms with E-state index in [2.05, 4.69) is 143 Å². The van der Waals surface area contributed by atoms with Crippen LogP contribution in [0.4, 0.5) is 0 Å². The van der Waals surface area contributed by atoms with E-state index in [9.17, 15) is 0 Å². The summed E-state index contributed by atoms with van der Waals surface area (Å²) < 4.78 is 2.69. The lowest BCUT2D eigenvalue weighted by molar-refractivity contribution is 0.165. The normalized spacial score (nSPS) is 18.1. The minimum absolute atomic E-state index is 0.0109. The van der Waals surface area contributed by atoms with Crippen LogP contribution in [0.3, 0.4) is 0 Å². The zero-order chi connectivity index (χ0) is 25.8. The van der Waals surface area contributed by atoms with Crippen molar-refractivity contribution in [2.45, 2.75) is 18.9 Å². The van der Waals surface area contributed by atoms with Gasteiger partial charge in [0.05, 0.1) is 6.17 Å². The van der Waals surface area contributed by atoms with Crippen LogP contribution in [0.15, 0.2) is 127 Å². The molecule has 7 aromatic rings. The summed E-state index contributed by atoms with van der Waals surface area (Å²) in [7, 11) is 0. The maximum atomic E-state index is 3.86. The number of hydrogen-bond donors (Lipinski definition) is 2. The van der Waals surface area contributed by atoms with Crippen LogP contribution in [0.2, 0.25) is 0 Å². The van der Waals surface area contributed by atoms with E-state index in [0.29, 0.717) is 0 Å². The average molecular weight is 522 g/mol. The van der Waals surface area contributed by atoms with E-state index in [4.69, 9.17) is 0 Å². The van der Waals surface area contributed by atoms with Crippen LogP contribution >= 0.6 is 11.3 Å². The molecular weight excluding hydrogens is 494 g/mol. The third-order valence-corrected chi connectivity index (χ3v) is 9.07. The van der Waals surface area contributed by atoms with Crippen molar-refractivity contribution in [3.05, 3.63) is 144 Å². The lowest BCUT2D eigenvalue weighted by Crippen LogP contribution is -2.33. The van der Waals surface area contributed by atoms with Crippen molar-refractivity contribution in [2.75, 3.05) is 0 Å². The quantitative estimate of drug-likeness (QED) is 0.227. The molecule has 0 aliphatic carbocycles. The van der Waals surface area contributed by atoms with Gasteiger partial charge in [0.2, 0.25) is 0 Å². The summed E-state index contributed by atoms with van der Waals surface area (Å²) in [6.45, 7) is 0.811. The molecule has 2 atom stereocenters. The van der Waals surface area contributed by atoms with E-state index >= 15 is 0 Å². The lowest BCUT2D eigenvalue weighted by atomic mass is 9.96. The van der Waals surface area contributed by atoms with Gasteiger partial charge in [-0.2, -0.15) is 0 Å². The number of hydrogen-bond acceptors (Lipinski definition) is 4. The standard InChI is InChI=1S/C35H27N3S/c1-3-9-23(10-4-1)22-38-35(25-11-5-2-6-12-25)36-34(37-38)27-17-19-28-26(21-27)16-15-24-18-20-31-33(32(24)28)29-13-7-8-14-30(29)39-31/h1-21,34-37H,22H2. The van der Waals surface area contributed by atoms with Crippen LogP contribution < -0.4 is 10.7 Å². The molecule has 2 unspecified atom stereocenters. The molecule has 1 aromatic heterocycles. The summed E-state index contributed by atoms with van der Waals surface area (Å²) in [6, 6.07) is 46.2. The number of thiophene rings is 1. The first kappa shape index (κ1) is 22.9. The van der Waals surface area contributed by atoms with Crippen molar-refractivity contribution in [3.63, 3.8) is 0 Å². The molecule has 8 rings (SSSR count). The summed E-state index contributed by atoms with van der Waals surface area (Å²) in [4.78, 5) is 0. The van der Waals surface area contributed by atoms with E-state index in [1.54, 1.807) is 0 Å². The van der Waals surface area contributed by atoms with E-state index in [1.807, 2.05) is 11.3 Å². The second-order valence-corrected chi connectivity index (χ2v) is 11.4. The van der Waals surface area contributed by atoms with Crippen molar-refractivity contribution < 1.29 is 0 Å². The van der Waals surface area contributed by atoms with E-state index < -0.39 is 0 Å². The van der Waals surface area contributed by atoms with Gasteiger partial charge < -0.3 is 0 Å². The SMILES string of the molecule is c1ccc(CN2NC(c3ccc4c(ccc5ccc6sc7ccccc7c6c54)c3)NC2c2ccccc2)cc1. The highest BCUT2D eigenvalue weighted by molar-refractivity contribution is 7.26. The van der Waals surface area contributed by atoms with E-state index in [0.717, 1.165) is 6.54 Å². The highest BCUT2D eigenvalue weighted by Crippen LogP contribution is 2.41. The van der Waals surface area contributed by atoms with Crippen molar-refractivity contribution in [2.24, 2.45) is 0 Å². The van der Waals surface area contributed by atoms with Crippen LogP contribution in [0.5, 0.6) is 0 Å². The molecule has 188 valence electrons. The maximum Gasteiger partial charge on any atom is 0.101 e. The number of nitrogens with one attached hydrogen (secondary N) is 2. The van der Waals surface area contributed by atoms with E-state index in [1.165, 1.54) is 58.4 Å². The van der Waals surface area contributed by atoms with Crippen LogP contribution in [0.1, 0.15) is 29.0 Å². The third-order valence-electron chi connectivity index (χ3n) is 7.94. The molecule has 3 nitrogen and oxygen atoms in total. The summed E-state index contributed by atoms with van der Waals surface area (Å²) in [5.41, 5.74) is 7.55. The number of nitrogens with zero attached hydrogens (tertiary/aromatic N) is 1.